The Bertz CT molecular complexity index is 558. The van der Waals surface area contributed by atoms with E-state index in [0.29, 0.717) is 24.0 Å². The summed E-state index contributed by atoms with van der Waals surface area (Å²) in [4.78, 5) is 15.0. The molecule has 2 fully saturated rings. The molecule has 2 atom stereocenters. The molecule has 4 nitrogen and oxygen atoms in total. The first kappa shape index (κ1) is 17.3. The number of amides is 2. The first-order valence-electron chi connectivity index (χ1n) is 9.41. The van der Waals surface area contributed by atoms with E-state index in [1.54, 1.807) is 0 Å². The lowest BCUT2D eigenvalue weighted by Crippen LogP contribution is -2.58. The lowest BCUT2D eigenvalue weighted by atomic mass is 9.81. The summed E-state index contributed by atoms with van der Waals surface area (Å²) in [6.45, 7) is 7.83. The number of anilines is 1. The monoisotopic (exact) mass is 329 g/mol. The maximum atomic E-state index is 12.3. The van der Waals surface area contributed by atoms with Crippen molar-refractivity contribution in [2.24, 2.45) is 5.92 Å². The zero-order valence-corrected chi connectivity index (χ0v) is 15.2. The van der Waals surface area contributed by atoms with Gasteiger partial charge in [-0.2, -0.15) is 0 Å². The van der Waals surface area contributed by atoms with Crippen LogP contribution in [0.2, 0.25) is 0 Å². The average Bonchev–Trinajstić information content (AvgIpc) is 2.47. The molecule has 2 heterocycles. The van der Waals surface area contributed by atoms with Gasteiger partial charge in [0.2, 0.25) is 0 Å². The minimum atomic E-state index is -0.0685. The van der Waals surface area contributed by atoms with Crippen LogP contribution in [0, 0.1) is 12.8 Å². The third-order valence-electron chi connectivity index (χ3n) is 5.31. The summed E-state index contributed by atoms with van der Waals surface area (Å²) in [5.41, 5.74) is 2.02. The van der Waals surface area contributed by atoms with E-state index in [0.717, 1.165) is 24.1 Å². The molecule has 0 aromatic heterocycles. The highest BCUT2D eigenvalue weighted by Crippen LogP contribution is 2.34. The van der Waals surface area contributed by atoms with Gasteiger partial charge >= 0.3 is 6.03 Å². The molecular weight excluding hydrogens is 298 g/mol. The molecule has 2 N–H and O–H groups in total. The van der Waals surface area contributed by atoms with Crippen LogP contribution >= 0.6 is 0 Å². The summed E-state index contributed by atoms with van der Waals surface area (Å²) in [6.07, 6.45) is 6.07. The molecule has 0 unspecified atom stereocenters. The van der Waals surface area contributed by atoms with Gasteiger partial charge in [0, 0.05) is 30.4 Å². The fraction of sp³-hybridized carbons (Fsp3) is 0.650. The van der Waals surface area contributed by atoms with Crippen LogP contribution in [0.25, 0.3) is 0 Å². The van der Waals surface area contributed by atoms with Gasteiger partial charge in [-0.15, -0.1) is 0 Å². The van der Waals surface area contributed by atoms with E-state index in [4.69, 9.17) is 0 Å². The second kappa shape index (κ2) is 7.56. The van der Waals surface area contributed by atoms with Crippen molar-refractivity contribution in [3.63, 3.8) is 0 Å². The zero-order valence-electron chi connectivity index (χ0n) is 15.2. The Morgan fingerprint density at radius 1 is 1.25 bits per heavy atom. The number of benzene rings is 1. The number of carbonyl (C=O) groups is 1. The number of fused-ring (bicyclic) bond motifs is 2. The second-order valence-electron chi connectivity index (χ2n) is 7.97. The van der Waals surface area contributed by atoms with Gasteiger partial charge in [-0.05, 0) is 56.2 Å². The Morgan fingerprint density at radius 2 is 1.96 bits per heavy atom. The fourth-order valence-corrected chi connectivity index (χ4v) is 4.39. The minimum absolute atomic E-state index is 0.0685. The molecule has 2 aliphatic rings. The summed E-state index contributed by atoms with van der Waals surface area (Å²) in [5, 5.41) is 6.19. The van der Waals surface area contributed by atoms with Crippen LogP contribution in [-0.4, -0.2) is 35.6 Å². The normalized spacial score (nSPS) is 27.1. The lowest BCUT2D eigenvalue weighted by molar-refractivity contribution is 0.0180. The fourth-order valence-electron chi connectivity index (χ4n) is 4.39. The molecule has 2 aliphatic heterocycles. The molecule has 1 aromatic carbocycles. The topological polar surface area (TPSA) is 44.4 Å². The number of urea groups is 1. The zero-order chi connectivity index (χ0) is 17.1. The number of aryl methyl sites for hydroxylation is 1. The van der Waals surface area contributed by atoms with E-state index in [9.17, 15) is 4.79 Å². The van der Waals surface area contributed by atoms with Gasteiger partial charge in [-0.1, -0.05) is 32.4 Å². The Labute approximate surface area is 146 Å². The Kier molecular flexibility index (Phi) is 5.44. The molecule has 24 heavy (non-hydrogen) atoms. The Morgan fingerprint density at radius 3 is 2.58 bits per heavy atom. The van der Waals surface area contributed by atoms with Crippen molar-refractivity contribution in [1.82, 2.24) is 10.2 Å². The van der Waals surface area contributed by atoms with Crippen LogP contribution in [-0.2, 0) is 0 Å². The number of nitrogens with zero attached hydrogens (tertiary/aromatic N) is 1. The third-order valence-corrected chi connectivity index (χ3v) is 5.31. The SMILES string of the molecule is Cc1cccc(NC(=O)NC2C[C@@H]3CCC[C@@H](C2)N3CC(C)C)c1. The molecule has 2 saturated heterocycles. The van der Waals surface area contributed by atoms with Crippen molar-refractivity contribution in [2.45, 2.75) is 71.0 Å². The predicted octanol–water partition coefficient (Wildman–Crippen LogP) is 4.16. The standard InChI is InChI=1S/C20H31N3O/c1-14(2)13-23-18-8-5-9-19(23)12-17(11-18)22-20(24)21-16-7-4-6-15(3)10-16/h4,6-7,10,14,17-19H,5,8-9,11-13H2,1-3H3,(H2,21,22,24)/t18-,19-/m0/s1. The van der Waals surface area contributed by atoms with E-state index in [-0.39, 0.29) is 6.03 Å². The van der Waals surface area contributed by atoms with E-state index < -0.39 is 0 Å². The van der Waals surface area contributed by atoms with E-state index in [1.165, 1.54) is 25.8 Å². The van der Waals surface area contributed by atoms with Crippen molar-refractivity contribution < 1.29 is 4.79 Å². The highest BCUT2D eigenvalue weighted by atomic mass is 16.2. The smallest absolute Gasteiger partial charge is 0.319 e. The molecule has 2 amide bonds. The molecular formula is C20H31N3O. The molecule has 0 aliphatic carbocycles. The van der Waals surface area contributed by atoms with Gasteiger partial charge in [-0.25, -0.2) is 4.79 Å². The first-order chi connectivity index (χ1) is 11.5. The van der Waals surface area contributed by atoms with Gasteiger partial charge in [0.25, 0.3) is 0 Å². The molecule has 3 rings (SSSR count). The lowest BCUT2D eigenvalue weighted by Gasteiger charge is -2.49. The van der Waals surface area contributed by atoms with Crippen molar-refractivity contribution in [3.05, 3.63) is 29.8 Å². The number of carbonyl (C=O) groups excluding carboxylic acids is 1. The van der Waals surface area contributed by atoms with Gasteiger partial charge in [0.1, 0.15) is 0 Å². The number of rotatable bonds is 4. The maximum Gasteiger partial charge on any atom is 0.319 e. The van der Waals surface area contributed by atoms with Gasteiger partial charge < -0.3 is 10.6 Å². The predicted molar refractivity (Wildman–Crippen MR) is 99.3 cm³/mol. The van der Waals surface area contributed by atoms with Crippen molar-refractivity contribution >= 4 is 11.7 Å². The summed E-state index contributed by atoms with van der Waals surface area (Å²) >= 11 is 0. The van der Waals surface area contributed by atoms with Crippen LogP contribution in [0.4, 0.5) is 10.5 Å². The van der Waals surface area contributed by atoms with E-state index in [2.05, 4.69) is 29.4 Å². The minimum Gasteiger partial charge on any atom is -0.335 e. The molecule has 2 bridgehead atoms. The average molecular weight is 329 g/mol. The van der Waals surface area contributed by atoms with Crippen LogP contribution in [0.5, 0.6) is 0 Å². The summed E-state index contributed by atoms with van der Waals surface area (Å²) in [6, 6.07) is 9.46. The Hall–Kier alpha value is -1.55. The third kappa shape index (κ3) is 4.29. The number of nitrogens with one attached hydrogen (secondary N) is 2. The molecule has 0 spiro atoms. The van der Waals surface area contributed by atoms with Crippen LogP contribution in [0.1, 0.15) is 51.5 Å². The molecule has 4 heteroatoms. The maximum absolute atomic E-state index is 12.3. The quantitative estimate of drug-likeness (QED) is 0.871. The van der Waals surface area contributed by atoms with Crippen LogP contribution in [0.3, 0.4) is 0 Å². The highest BCUT2D eigenvalue weighted by molar-refractivity contribution is 5.89. The molecule has 132 valence electrons. The Balaban J connectivity index is 1.56. The largest absolute Gasteiger partial charge is 0.335 e. The molecule has 1 aromatic rings. The van der Waals surface area contributed by atoms with Crippen molar-refractivity contribution in [3.8, 4) is 0 Å². The van der Waals surface area contributed by atoms with Crippen molar-refractivity contribution in [1.29, 1.82) is 0 Å². The summed E-state index contributed by atoms with van der Waals surface area (Å²) in [7, 11) is 0. The molecule has 0 saturated carbocycles. The number of hydrogen-bond donors (Lipinski definition) is 2. The van der Waals surface area contributed by atoms with E-state index in [1.807, 2.05) is 31.2 Å². The molecule has 0 radical (unpaired) electrons. The summed E-state index contributed by atoms with van der Waals surface area (Å²) < 4.78 is 0. The number of hydrogen-bond acceptors (Lipinski definition) is 2. The van der Waals surface area contributed by atoms with Gasteiger partial charge in [0.15, 0.2) is 0 Å². The summed E-state index contributed by atoms with van der Waals surface area (Å²) in [5.74, 6) is 0.710. The van der Waals surface area contributed by atoms with Gasteiger partial charge in [0.05, 0.1) is 0 Å². The van der Waals surface area contributed by atoms with Crippen molar-refractivity contribution in [2.75, 3.05) is 11.9 Å². The van der Waals surface area contributed by atoms with Crippen LogP contribution < -0.4 is 10.6 Å². The highest BCUT2D eigenvalue weighted by Gasteiger charge is 2.38. The van der Waals surface area contributed by atoms with Crippen LogP contribution in [0.15, 0.2) is 24.3 Å². The number of piperidine rings is 2. The van der Waals surface area contributed by atoms with E-state index >= 15 is 0 Å². The van der Waals surface area contributed by atoms with Gasteiger partial charge in [-0.3, -0.25) is 4.90 Å². The second-order valence-corrected chi connectivity index (χ2v) is 7.97. The first-order valence-corrected chi connectivity index (χ1v) is 9.41.